The van der Waals surface area contributed by atoms with E-state index in [1.54, 1.807) is 0 Å². The van der Waals surface area contributed by atoms with Gasteiger partial charge < -0.3 is 4.74 Å². The summed E-state index contributed by atoms with van der Waals surface area (Å²) in [6.45, 7) is 3.04. The third-order valence-electron chi connectivity index (χ3n) is 0.500. The Morgan fingerprint density at radius 3 is 2.50 bits per heavy atom. The quantitative estimate of drug-likeness (QED) is 0.374. The highest BCUT2D eigenvalue weighted by Crippen LogP contribution is 2.04. The third-order valence-corrected chi connectivity index (χ3v) is 0.500. The highest BCUT2D eigenvalue weighted by Gasteiger charge is 2.13. The number of rotatable bonds is 0. The standard InChI is InChI=1S/C3H6O.H2/c1-3-2-4-3;/h3H,2H2,1H3;1H. The van der Waals surface area contributed by atoms with Gasteiger partial charge in [-0.3, -0.25) is 0 Å². The number of epoxide rings is 1. The average molecular weight is 60.1 g/mol. The SMILES string of the molecule is CC1CO1.[HH]. The summed E-state index contributed by atoms with van der Waals surface area (Å²) in [7, 11) is 0. The largest absolute Gasteiger partial charge is 0.373 e. The zero-order chi connectivity index (χ0) is 2.99. The summed E-state index contributed by atoms with van der Waals surface area (Å²) in [6.07, 6.45) is 0.583. The molecular formula is C3H8O. The summed E-state index contributed by atoms with van der Waals surface area (Å²) in [6, 6.07) is 0. The second kappa shape index (κ2) is 0.462. The van der Waals surface area contributed by atoms with Gasteiger partial charge in [0.2, 0.25) is 0 Å². The molecule has 0 saturated carbocycles. The fourth-order valence-electron chi connectivity index (χ4n) is 0.0962. The van der Waals surface area contributed by atoms with Crippen LogP contribution >= 0.6 is 0 Å². The van der Waals surface area contributed by atoms with Gasteiger partial charge in [-0.05, 0) is 6.92 Å². The van der Waals surface area contributed by atoms with Gasteiger partial charge in [0.05, 0.1) is 12.7 Å². The van der Waals surface area contributed by atoms with Crippen molar-refractivity contribution in [1.29, 1.82) is 0 Å². The first-order valence-electron chi connectivity index (χ1n) is 1.51. The van der Waals surface area contributed by atoms with Crippen molar-refractivity contribution in [2.45, 2.75) is 13.0 Å². The molecule has 1 unspecified atom stereocenters. The Hall–Kier alpha value is -0.0400. The van der Waals surface area contributed by atoms with E-state index >= 15 is 0 Å². The Morgan fingerprint density at radius 1 is 2.25 bits per heavy atom. The lowest BCUT2D eigenvalue weighted by Crippen LogP contribution is -1.60. The predicted molar refractivity (Wildman–Crippen MR) is 17.5 cm³/mol. The van der Waals surface area contributed by atoms with Gasteiger partial charge in [-0.25, -0.2) is 0 Å². The molecule has 0 aromatic heterocycles. The van der Waals surface area contributed by atoms with E-state index in [0.717, 1.165) is 6.61 Å². The fraction of sp³-hybridized carbons (Fsp3) is 1.00. The van der Waals surface area contributed by atoms with E-state index in [9.17, 15) is 0 Å². The van der Waals surface area contributed by atoms with Crippen LogP contribution in [0.3, 0.4) is 0 Å². The summed E-state index contributed by atoms with van der Waals surface area (Å²) in [5.41, 5.74) is 0. The molecule has 4 heavy (non-hydrogen) atoms. The molecule has 0 aliphatic carbocycles. The minimum Gasteiger partial charge on any atom is -0.373 e. The molecule has 0 aromatic carbocycles. The summed E-state index contributed by atoms with van der Waals surface area (Å²) < 4.78 is 4.71. The molecule has 0 bridgehead atoms. The van der Waals surface area contributed by atoms with Crippen molar-refractivity contribution >= 4 is 0 Å². The molecule has 1 rings (SSSR count). The van der Waals surface area contributed by atoms with Crippen molar-refractivity contribution in [1.82, 2.24) is 0 Å². The van der Waals surface area contributed by atoms with Gasteiger partial charge in [0.25, 0.3) is 0 Å². The van der Waals surface area contributed by atoms with Crippen LogP contribution in [0.1, 0.15) is 8.35 Å². The van der Waals surface area contributed by atoms with Gasteiger partial charge in [0, 0.05) is 1.43 Å². The first-order chi connectivity index (χ1) is 1.89. The van der Waals surface area contributed by atoms with Crippen LogP contribution in [-0.2, 0) is 4.74 Å². The van der Waals surface area contributed by atoms with E-state index in [1.807, 2.05) is 0 Å². The van der Waals surface area contributed by atoms with Crippen LogP contribution < -0.4 is 0 Å². The Balaban J connectivity index is 0.000000160. The summed E-state index contributed by atoms with van der Waals surface area (Å²) in [4.78, 5) is 0. The summed E-state index contributed by atoms with van der Waals surface area (Å²) >= 11 is 0. The summed E-state index contributed by atoms with van der Waals surface area (Å²) in [5.74, 6) is 0. The Kier molecular flexibility index (Phi) is 0.256. The van der Waals surface area contributed by atoms with Crippen LogP contribution in [0.5, 0.6) is 0 Å². The monoisotopic (exact) mass is 60.1 g/mol. The second-order valence-corrected chi connectivity index (χ2v) is 1.14. The number of hydrogen-bond donors (Lipinski definition) is 0. The number of ether oxygens (including phenoxy) is 1. The van der Waals surface area contributed by atoms with Gasteiger partial charge in [-0.15, -0.1) is 0 Å². The van der Waals surface area contributed by atoms with Gasteiger partial charge in [-0.2, -0.15) is 0 Å². The minimum absolute atomic E-state index is 0. The van der Waals surface area contributed by atoms with Crippen LogP contribution in [-0.4, -0.2) is 12.7 Å². The van der Waals surface area contributed by atoms with Crippen molar-refractivity contribution < 1.29 is 6.16 Å². The highest BCUT2D eigenvalue weighted by molar-refractivity contribution is 4.58. The fourth-order valence-corrected chi connectivity index (χ4v) is 0.0962. The topological polar surface area (TPSA) is 12.5 Å². The molecule has 0 spiro atoms. The Morgan fingerprint density at radius 2 is 2.50 bits per heavy atom. The lowest BCUT2D eigenvalue weighted by molar-refractivity contribution is 0.423. The van der Waals surface area contributed by atoms with E-state index in [2.05, 4.69) is 6.92 Å². The first kappa shape index (κ1) is 2.21. The molecular weight excluding hydrogens is 52.0 g/mol. The van der Waals surface area contributed by atoms with E-state index in [4.69, 9.17) is 4.74 Å². The van der Waals surface area contributed by atoms with E-state index in [1.165, 1.54) is 0 Å². The molecule has 0 N–H and O–H groups in total. The molecule has 0 aromatic rings. The lowest BCUT2D eigenvalue weighted by atomic mass is 10.6. The molecule has 1 nitrogen and oxygen atoms in total. The van der Waals surface area contributed by atoms with Crippen molar-refractivity contribution in [2.24, 2.45) is 0 Å². The number of hydrogen-bond acceptors (Lipinski definition) is 1. The van der Waals surface area contributed by atoms with Crippen molar-refractivity contribution in [3.63, 3.8) is 0 Å². The van der Waals surface area contributed by atoms with Crippen LogP contribution in [0.2, 0.25) is 0 Å². The maximum atomic E-state index is 4.71. The van der Waals surface area contributed by atoms with Gasteiger partial charge >= 0.3 is 0 Å². The Bertz CT molecular complexity index is 26.1. The van der Waals surface area contributed by atoms with Crippen molar-refractivity contribution in [3.8, 4) is 0 Å². The van der Waals surface area contributed by atoms with Crippen LogP contribution in [0, 0.1) is 0 Å². The molecule has 26 valence electrons. The minimum atomic E-state index is 0. The third kappa shape index (κ3) is 0.206. The first-order valence-corrected chi connectivity index (χ1v) is 1.51. The normalized spacial score (nSPS) is 39.8. The molecule has 1 heteroatoms. The van der Waals surface area contributed by atoms with Crippen molar-refractivity contribution in [2.75, 3.05) is 6.61 Å². The second-order valence-electron chi connectivity index (χ2n) is 1.14. The molecule has 1 aliphatic heterocycles. The van der Waals surface area contributed by atoms with Crippen LogP contribution in [0.4, 0.5) is 0 Å². The molecule has 1 heterocycles. The maximum Gasteiger partial charge on any atom is 0.0781 e. The molecule has 1 aliphatic rings. The van der Waals surface area contributed by atoms with E-state index in [-0.39, 0.29) is 1.43 Å². The van der Waals surface area contributed by atoms with Crippen molar-refractivity contribution in [3.05, 3.63) is 0 Å². The predicted octanol–water partition coefficient (Wildman–Crippen LogP) is 0.651. The van der Waals surface area contributed by atoms with E-state index in [0.29, 0.717) is 6.10 Å². The zero-order valence-corrected chi connectivity index (χ0v) is 2.69. The van der Waals surface area contributed by atoms with Crippen LogP contribution in [0.25, 0.3) is 0 Å². The summed E-state index contributed by atoms with van der Waals surface area (Å²) in [5, 5.41) is 0. The van der Waals surface area contributed by atoms with E-state index < -0.39 is 0 Å². The zero-order valence-electron chi connectivity index (χ0n) is 2.69. The van der Waals surface area contributed by atoms with Gasteiger partial charge in [0.1, 0.15) is 0 Å². The molecule has 0 amide bonds. The molecule has 0 radical (unpaired) electrons. The maximum absolute atomic E-state index is 4.71. The molecule has 1 atom stereocenters. The smallest absolute Gasteiger partial charge is 0.0781 e. The lowest BCUT2D eigenvalue weighted by Gasteiger charge is -1.50. The molecule has 1 saturated heterocycles. The Labute approximate surface area is 27.1 Å². The van der Waals surface area contributed by atoms with Gasteiger partial charge in [-0.1, -0.05) is 0 Å². The van der Waals surface area contributed by atoms with Gasteiger partial charge in [0.15, 0.2) is 0 Å². The average Bonchev–Trinajstić information content (AvgIpc) is 1.75. The van der Waals surface area contributed by atoms with Crippen LogP contribution in [0.15, 0.2) is 0 Å². The molecule has 1 fully saturated rings. The highest BCUT2D eigenvalue weighted by atomic mass is 16.6.